The number of benzene rings is 2. The quantitative estimate of drug-likeness (QED) is 0.697. The van der Waals surface area contributed by atoms with Gasteiger partial charge in [0, 0.05) is 0 Å². The number of aromatic hydroxyl groups is 1. The van der Waals surface area contributed by atoms with Crippen LogP contribution in [-0.2, 0) is 19.6 Å². The molecule has 2 rings (SSSR count). The Morgan fingerprint density at radius 3 is 2.45 bits per heavy atom. The van der Waals surface area contributed by atoms with Crippen LogP contribution in [0.3, 0.4) is 0 Å². The van der Waals surface area contributed by atoms with Gasteiger partial charge in [0.05, 0.1) is 15.7 Å². The van der Waals surface area contributed by atoms with Crippen molar-refractivity contribution in [2.45, 2.75) is 33.5 Å². The van der Waals surface area contributed by atoms with Crippen LogP contribution in [-0.4, -0.2) is 10.2 Å². The molecular weight excluding hydrogens is 391 g/mol. The molecule has 0 radical (unpaired) electrons. The molecule has 0 unspecified atom stereocenters. The monoisotopic (exact) mass is 412 g/mol. The van der Waals surface area contributed by atoms with Crippen LogP contribution in [0.1, 0.15) is 30.5 Å². The summed E-state index contributed by atoms with van der Waals surface area (Å²) in [6.45, 7) is 4.45. The van der Waals surface area contributed by atoms with Crippen molar-refractivity contribution >= 4 is 22.6 Å². The normalized spacial score (nSPS) is 11.0. The van der Waals surface area contributed by atoms with Crippen LogP contribution in [0.5, 0.6) is 11.5 Å². The molecule has 0 bridgehead atoms. The maximum atomic E-state index is 10.2. The number of aliphatic hydroxyl groups excluding tert-OH is 1. The third-order valence-electron chi connectivity index (χ3n) is 3.39. The number of hydrogen-bond acceptors (Lipinski definition) is 3. The van der Waals surface area contributed by atoms with E-state index in [1.165, 1.54) is 0 Å². The smallest absolute Gasteiger partial charge is 0.138 e. The Hall–Kier alpha value is -1.27. The Morgan fingerprint density at radius 2 is 1.86 bits per heavy atom. The molecule has 118 valence electrons. The van der Waals surface area contributed by atoms with E-state index in [1.54, 1.807) is 0 Å². The fourth-order valence-electron chi connectivity index (χ4n) is 2.38. The molecule has 0 saturated carbocycles. The highest BCUT2D eigenvalue weighted by atomic mass is 127. The van der Waals surface area contributed by atoms with Crippen molar-refractivity contribution in [2.75, 3.05) is 0 Å². The predicted molar refractivity (Wildman–Crippen MR) is 96.1 cm³/mol. The summed E-state index contributed by atoms with van der Waals surface area (Å²) in [5.41, 5.74) is 2.55. The van der Waals surface area contributed by atoms with E-state index in [1.807, 2.05) is 36.4 Å². The maximum absolute atomic E-state index is 10.2. The first-order valence-corrected chi connectivity index (χ1v) is 8.41. The average molecular weight is 412 g/mol. The summed E-state index contributed by atoms with van der Waals surface area (Å²) in [5, 5.41) is 19.8. The van der Waals surface area contributed by atoms with Crippen LogP contribution in [0.2, 0.25) is 0 Å². The third kappa shape index (κ3) is 4.14. The van der Waals surface area contributed by atoms with Gasteiger partial charge in [0.1, 0.15) is 18.1 Å². The van der Waals surface area contributed by atoms with Crippen LogP contribution < -0.4 is 4.74 Å². The molecule has 0 aromatic heterocycles. The van der Waals surface area contributed by atoms with Crippen molar-refractivity contribution in [3.05, 3.63) is 56.7 Å². The van der Waals surface area contributed by atoms with Crippen LogP contribution in [0.25, 0.3) is 0 Å². The first kappa shape index (κ1) is 17.1. The van der Waals surface area contributed by atoms with E-state index in [2.05, 4.69) is 36.4 Å². The number of ether oxygens (including phenoxy) is 1. The van der Waals surface area contributed by atoms with E-state index in [4.69, 9.17) is 4.74 Å². The number of aliphatic hydroxyl groups is 1. The fourth-order valence-corrected chi connectivity index (χ4v) is 3.08. The molecule has 0 aliphatic carbocycles. The lowest BCUT2D eigenvalue weighted by molar-refractivity contribution is 0.250. The van der Waals surface area contributed by atoms with Crippen molar-refractivity contribution in [2.24, 2.45) is 5.92 Å². The lowest BCUT2D eigenvalue weighted by Gasteiger charge is -2.18. The Labute approximate surface area is 145 Å². The van der Waals surface area contributed by atoms with Gasteiger partial charge in [-0.25, -0.2) is 0 Å². The zero-order valence-electron chi connectivity index (χ0n) is 12.8. The largest absolute Gasteiger partial charge is 0.506 e. The second-order valence-electron chi connectivity index (χ2n) is 5.70. The first-order chi connectivity index (χ1) is 10.5. The molecule has 0 spiro atoms. The minimum atomic E-state index is -0.238. The SMILES string of the molecule is CC(C)Cc1cc(I)c(O)c(CO)c1OCc1ccccc1. The van der Waals surface area contributed by atoms with Gasteiger partial charge in [0.15, 0.2) is 0 Å². The van der Waals surface area contributed by atoms with E-state index < -0.39 is 0 Å². The molecule has 4 heteroatoms. The third-order valence-corrected chi connectivity index (χ3v) is 4.21. The van der Waals surface area contributed by atoms with Gasteiger partial charge in [0.2, 0.25) is 0 Å². The number of phenols is 1. The molecule has 0 atom stereocenters. The molecule has 0 saturated heterocycles. The van der Waals surface area contributed by atoms with Gasteiger partial charge in [-0.3, -0.25) is 0 Å². The number of halogens is 1. The zero-order valence-corrected chi connectivity index (χ0v) is 15.0. The molecule has 3 nitrogen and oxygen atoms in total. The van der Waals surface area contributed by atoms with E-state index in [0.29, 0.717) is 23.8 Å². The van der Waals surface area contributed by atoms with Crippen LogP contribution in [0.4, 0.5) is 0 Å². The fraction of sp³-hybridized carbons (Fsp3) is 0.333. The van der Waals surface area contributed by atoms with Gasteiger partial charge in [-0.1, -0.05) is 44.2 Å². The molecular formula is C18H21IO3. The van der Waals surface area contributed by atoms with Gasteiger partial charge in [0.25, 0.3) is 0 Å². The van der Waals surface area contributed by atoms with Gasteiger partial charge in [-0.2, -0.15) is 0 Å². The summed E-state index contributed by atoms with van der Waals surface area (Å²) in [6.07, 6.45) is 0.841. The predicted octanol–water partition coefficient (Wildman–Crippen LogP) is 4.27. The van der Waals surface area contributed by atoms with Gasteiger partial charge in [-0.05, 0) is 52.1 Å². The van der Waals surface area contributed by atoms with Crippen molar-refractivity contribution in [3.63, 3.8) is 0 Å². The molecule has 0 aliphatic heterocycles. The Balaban J connectivity index is 2.35. The highest BCUT2D eigenvalue weighted by Crippen LogP contribution is 2.37. The highest BCUT2D eigenvalue weighted by Gasteiger charge is 2.18. The van der Waals surface area contributed by atoms with Crippen molar-refractivity contribution in [1.29, 1.82) is 0 Å². The van der Waals surface area contributed by atoms with E-state index >= 15 is 0 Å². The lowest BCUT2D eigenvalue weighted by Crippen LogP contribution is -2.06. The van der Waals surface area contributed by atoms with Crippen molar-refractivity contribution in [3.8, 4) is 11.5 Å². The van der Waals surface area contributed by atoms with Gasteiger partial charge in [-0.15, -0.1) is 0 Å². The van der Waals surface area contributed by atoms with Crippen LogP contribution in [0, 0.1) is 9.49 Å². The minimum absolute atomic E-state index is 0.110. The van der Waals surface area contributed by atoms with Gasteiger partial charge < -0.3 is 14.9 Å². The van der Waals surface area contributed by atoms with Crippen LogP contribution in [0.15, 0.2) is 36.4 Å². The Morgan fingerprint density at radius 1 is 1.18 bits per heavy atom. The topological polar surface area (TPSA) is 49.7 Å². The molecule has 22 heavy (non-hydrogen) atoms. The minimum Gasteiger partial charge on any atom is -0.506 e. The molecule has 2 aromatic carbocycles. The summed E-state index contributed by atoms with van der Waals surface area (Å²) in [5.74, 6) is 1.18. The molecule has 0 amide bonds. The molecule has 2 aromatic rings. The number of rotatable bonds is 6. The standard InChI is InChI=1S/C18H21IO3/c1-12(2)8-14-9-16(19)17(21)15(10-20)18(14)22-11-13-6-4-3-5-7-13/h3-7,9,12,20-21H,8,10-11H2,1-2H3. The average Bonchev–Trinajstić information content (AvgIpc) is 2.49. The molecule has 2 N–H and O–H groups in total. The summed E-state index contributed by atoms with van der Waals surface area (Å²) in [6, 6.07) is 11.8. The summed E-state index contributed by atoms with van der Waals surface area (Å²) in [7, 11) is 0. The Kier molecular flexibility index (Phi) is 6.08. The molecule has 0 heterocycles. The van der Waals surface area contributed by atoms with Crippen molar-refractivity contribution in [1.82, 2.24) is 0 Å². The van der Waals surface area contributed by atoms with Crippen molar-refractivity contribution < 1.29 is 14.9 Å². The summed E-state index contributed by atoms with van der Waals surface area (Å²) < 4.78 is 6.70. The van der Waals surface area contributed by atoms with E-state index in [0.717, 1.165) is 21.1 Å². The molecule has 0 fully saturated rings. The number of hydrogen-bond donors (Lipinski definition) is 2. The maximum Gasteiger partial charge on any atom is 0.138 e. The second kappa shape index (κ2) is 7.83. The second-order valence-corrected chi connectivity index (χ2v) is 6.87. The summed E-state index contributed by atoms with van der Waals surface area (Å²) >= 11 is 2.09. The molecule has 0 aliphatic rings. The Bertz CT molecular complexity index is 624. The van der Waals surface area contributed by atoms with Gasteiger partial charge >= 0.3 is 0 Å². The zero-order chi connectivity index (χ0) is 16.1. The first-order valence-electron chi connectivity index (χ1n) is 7.33. The highest BCUT2D eigenvalue weighted by molar-refractivity contribution is 14.1. The van der Waals surface area contributed by atoms with Crippen LogP contribution >= 0.6 is 22.6 Å². The lowest BCUT2D eigenvalue weighted by atomic mass is 9.99. The van der Waals surface area contributed by atoms with E-state index in [-0.39, 0.29) is 12.4 Å². The summed E-state index contributed by atoms with van der Waals surface area (Å²) in [4.78, 5) is 0. The van der Waals surface area contributed by atoms with E-state index in [9.17, 15) is 10.2 Å².